The van der Waals surface area contributed by atoms with Crippen molar-refractivity contribution < 1.29 is 9.47 Å². The number of hydrogen-bond acceptors (Lipinski definition) is 7. The fraction of sp³-hybridized carbons (Fsp3) is 0.0714. The zero-order valence-electron chi connectivity index (χ0n) is 19.7. The van der Waals surface area contributed by atoms with E-state index in [0.29, 0.717) is 26.8 Å². The van der Waals surface area contributed by atoms with E-state index >= 15 is 0 Å². The Morgan fingerprint density at radius 1 is 0.947 bits per heavy atom. The summed E-state index contributed by atoms with van der Waals surface area (Å²) in [5, 5.41) is 9.31. The molecular formula is C28H18BrN5O3S. The van der Waals surface area contributed by atoms with E-state index in [1.54, 1.807) is 0 Å². The number of thiazole rings is 1. The van der Waals surface area contributed by atoms with Crippen molar-refractivity contribution in [2.24, 2.45) is 0 Å². The number of aromatic nitrogens is 5. The third-order valence-electron chi connectivity index (χ3n) is 6.16. The first-order valence-electron chi connectivity index (χ1n) is 11.8. The summed E-state index contributed by atoms with van der Waals surface area (Å²) in [5.41, 5.74) is 3.22. The Bertz CT molecular complexity index is 1900. The van der Waals surface area contributed by atoms with Crippen molar-refractivity contribution in [3.63, 3.8) is 0 Å². The molecule has 0 N–H and O–H groups in total. The van der Waals surface area contributed by atoms with Crippen LogP contribution in [0.4, 0.5) is 0 Å². The minimum atomic E-state index is -0.489. The molecule has 1 atom stereocenters. The van der Waals surface area contributed by atoms with Crippen LogP contribution in [-0.4, -0.2) is 31.0 Å². The van der Waals surface area contributed by atoms with Gasteiger partial charge >= 0.3 is 0 Å². The Morgan fingerprint density at radius 2 is 1.71 bits per heavy atom. The van der Waals surface area contributed by atoms with E-state index in [9.17, 15) is 4.79 Å². The second kappa shape index (κ2) is 9.23. The van der Waals surface area contributed by atoms with Crippen molar-refractivity contribution in [3.8, 4) is 28.4 Å². The van der Waals surface area contributed by atoms with E-state index in [0.717, 1.165) is 27.0 Å². The zero-order chi connectivity index (χ0) is 25.6. The van der Waals surface area contributed by atoms with Crippen molar-refractivity contribution >= 4 is 38.3 Å². The summed E-state index contributed by atoms with van der Waals surface area (Å²) in [7, 11) is 0. The highest BCUT2D eigenvalue weighted by Crippen LogP contribution is 2.35. The van der Waals surface area contributed by atoms with Gasteiger partial charge in [-0.05, 0) is 42.5 Å². The first-order valence-corrected chi connectivity index (χ1v) is 13.4. The SMILES string of the molecule is O=c1/c(=C/c2cn(-c3ccccc3)nc2-c2ccc(Br)cc2)sc2nc(C3COc4ccccc4O3)nn12. The Balaban J connectivity index is 1.29. The van der Waals surface area contributed by atoms with E-state index in [-0.39, 0.29) is 12.2 Å². The summed E-state index contributed by atoms with van der Waals surface area (Å²) in [4.78, 5) is 18.4. The van der Waals surface area contributed by atoms with Gasteiger partial charge in [-0.1, -0.05) is 69.7 Å². The van der Waals surface area contributed by atoms with Gasteiger partial charge in [-0.2, -0.15) is 14.6 Å². The van der Waals surface area contributed by atoms with Crippen LogP contribution in [0.15, 0.2) is 94.3 Å². The molecule has 1 aliphatic heterocycles. The van der Waals surface area contributed by atoms with Crippen LogP contribution < -0.4 is 19.6 Å². The molecular weight excluding hydrogens is 566 g/mol. The van der Waals surface area contributed by atoms with Gasteiger partial charge in [0.25, 0.3) is 5.56 Å². The van der Waals surface area contributed by atoms with Gasteiger partial charge in [0.1, 0.15) is 6.61 Å². The van der Waals surface area contributed by atoms with Crippen molar-refractivity contribution in [3.05, 3.63) is 116 Å². The number of hydrogen-bond donors (Lipinski definition) is 0. The van der Waals surface area contributed by atoms with Gasteiger partial charge < -0.3 is 9.47 Å². The number of ether oxygens (including phenoxy) is 2. The smallest absolute Gasteiger partial charge is 0.291 e. The molecule has 4 heterocycles. The first kappa shape index (κ1) is 22.9. The Labute approximate surface area is 228 Å². The summed E-state index contributed by atoms with van der Waals surface area (Å²) in [6.07, 6.45) is 3.29. The zero-order valence-corrected chi connectivity index (χ0v) is 22.1. The average molecular weight is 584 g/mol. The molecule has 0 spiro atoms. The third kappa shape index (κ3) is 4.07. The van der Waals surface area contributed by atoms with Crippen LogP contribution in [0, 0.1) is 0 Å². The normalized spacial score (nSPS) is 15.3. The minimum Gasteiger partial charge on any atom is -0.485 e. The fourth-order valence-corrected chi connectivity index (χ4v) is 5.48. The second-order valence-corrected chi connectivity index (χ2v) is 10.6. The lowest BCUT2D eigenvalue weighted by Gasteiger charge is -2.24. The Kier molecular flexibility index (Phi) is 5.56. The van der Waals surface area contributed by atoms with Crippen LogP contribution in [0.5, 0.6) is 11.5 Å². The van der Waals surface area contributed by atoms with Gasteiger partial charge in [-0.3, -0.25) is 4.79 Å². The number of rotatable bonds is 4. The molecule has 10 heteroatoms. The van der Waals surface area contributed by atoms with Gasteiger partial charge in [0.2, 0.25) is 4.96 Å². The van der Waals surface area contributed by atoms with Crippen LogP contribution in [0.25, 0.3) is 28.0 Å². The molecule has 0 amide bonds. The molecule has 0 saturated heterocycles. The number of halogens is 1. The summed E-state index contributed by atoms with van der Waals surface area (Å²) in [6.45, 7) is 0.275. The van der Waals surface area contributed by atoms with E-state index in [1.807, 2.05) is 95.8 Å². The lowest BCUT2D eigenvalue weighted by atomic mass is 10.1. The fourth-order valence-electron chi connectivity index (χ4n) is 4.31. The highest BCUT2D eigenvalue weighted by molar-refractivity contribution is 9.10. The van der Waals surface area contributed by atoms with Gasteiger partial charge in [0.15, 0.2) is 23.4 Å². The molecule has 0 saturated carbocycles. The van der Waals surface area contributed by atoms with Crippen LogP contribution in [-0.2, 0) is 0 Å². The summed E-state index contributed by atoms with van der Waals surface area (Å²) in [6, 6.07) is 25.3. The van der Waals surface area contributed by atoms with Crippen molar-refractivity contribution in [1.29, 1.82) is 0 Å². The number of nitrogens with zero attached hydrogens (tertiary/aromatic N) is 5. The third-order valence-corrected chi connectivity index (χ3v) is 7.65. The molecule has 186 valence electrons. The highest BCUT2D eigenvalue weighted by Gasteiger charge is 2.27. The first-order chi connectivity index (χ1) is 18.6. The molecule has 0 fully saturated rings. The molecule has 1 unspecified atom stereocenters. The molecule has 8 nitrogen and oxygen atoms in total. The van der Waals surface area contributed by atoms with Gasteiger partial charge in [0, 0.05) is 21.8 Å². The van der Waals surface area contributed by atoms with Crippen molar-refractivity contribution in [2.75, 3.05) is 6.61 Å². The minimum absolute atomic E-state index is 0.241. The lowest BCUT2D eigenvalue weighted by Crippen LogP contribution is -2.26. The quantitative estimate of drug-likeness (QED) is 0.296. The summed E-state index contributed by atoms with van der Waals surface area (Å²) < 4.78 is 16.5. The Morgan fingerprint density at radius 3 is 2.50 bits per heavy atom. The number of fused-ring (bicyclic) bond motifs is 2. The standard InChI is InChI=1S/C28H18BrN5O3S/c29-19-12-10-17(11-13-19)25-18(15-33(31-25)20-6-2-1-3-7-20)14-24-27(35)34-28(38-24)30-26(32-34)23-16-36-21-8-4-5-9-22(21)37-23/h1-15,23H,16H2/b24-14-. The van der Waals surface area contributed by atoms with E-state index in [1.165, 1.54) is 15.9 Å². The maximum absolute atomic E-state index is 13.3. The predicted octanol–water partition coefficient (Wildman–Crippen LogP) is 4.83. The Hall–Kier alpha value is -4.28. The van der Waals surface area contributed by atoms with Crippen LogP contribution in [0.2, 0.25) is 0 Å². The summed E-state index contributed by atoms with van der Waals surface area (Å²) in [5.74, 6) is 1.74. The van der Waals surface area contributed by atoms with Crippen molar-refractivity contribution in [1.82, 2.24) is 24.4 Å². The van der Waals surface area contributed by atoms with E-state index in [4.69, 9.17) is 14.6 Å². The molecule has 0 aliphatic carbocycles. The topological polar surface area (TPSA) is 83.5 Å². The van der Waals surface area contributed by atoms with E-state index < -0.39 is 6.10 Å². The highest BCUT2D eigenvalue weighted by atomic mass is 79.9. The number of para-hydroxylation sites is 3. The monoisotopic (exact) mass is 583 g/mol. The van der Waals surface area contributed by atoms with Crippen LogP contribution >= 0.6 is 27.3 Å². The molecule has 0 radical (unpaired) electrons. The molecule has 6 aromatic rings. The maximum atomic E-state index is 13.3. The molecule has 7 rings (SSSR count). The molecule has 3 aromatic carbocycles. The summed E-state index contributed by atoms with van der Waals surface area (Å²) >= 11 is 4.77. The molecule has 0 bridgehead atoms. The van der Waals surface area contributed by atoms with Crippen LogP contribution in [0.1, 0.15) is 17.5 Å². The van der Waals surface area contributed by atoms with Crippen molar-refractivity contribution in [2.45, 2.75) is 6.10 Å². The lowest BCUT2D eigenvalue weighted by molar-refractivity contribution is 0.0852. The maximum Gasteiger partial charge on any atom is 0.291 e. The second-order valence-electron chi connectivity index (χ2n) is 8.66. The van der Waals surface area contributed by atoms with Gasteiger partial charge in [-0.25, -0.2) is 4.68 Å². The molecule has 3 aromatic heterocycles. The molecule has 38 heavy (non-hydrogen) atoms. The van der Waals surface area contributed by atoms with Crippen LogP contribution in [0.3, 0.4) is 0 Å². The largest absolute Gasteiger partial charge is 0.485 e. The van der Waals surface area contributed by atoms with E-state index in [2.05, 4.69) is 26.0 Å². The number of benzene rings is 3. The predicted molar refractivity (Wildman–Crippen MR) is 148 cm³/mol. The molecule has 1 aliphatic rings. The average Bonchev–Trinajstić information content (AvgIpc) is 3.64. The van der Waals surface area contributed by atoms with Gasteiger partial charge in [-0.15, -0.1) is 5.10 Å². The van der Waals surface area contributed by atoms with Gasteiger partial charge in [0.05, 0.1) is 15.9 Å².